The smallest absolute Gasteiger partial charge is 0.184 e. The van der Waals surface area contributed by atoms with Gasteiger partial charge in [0.25, 0.3) is 0 Å². The van der Waals surface area contributed by atoms with Gasteiger partial charge in [0.15, 0.2) is 6.29 Å². The highest BCUT2D eigenvalue weighted by atomic mass is 16.7. The van der Waals surface area contributed by atoms with Gasteiger partial charge in [0.2, 0.25) is 0 Å². The van der Waals surface area contributed by atoms with Crippen molar-refractivity contribution in [1.29, 1.82) is 0 Å². The highest BCUT2D eigenvalue weighted by Crippen LogP contribution is 2.35. The minimum Gasteiger partial charge on any atom is -0.390 e. The SMILES string of the molecule is CCC(O)C1O[C@H](OC)C(OCc2ccccc2)[C@@H](C)[C@@H]1C. The van der Waals surface area contributed by atoms with Gasteiger partial charge in [0.1, 0.15) is 6.10 Å². The fourth-order valence-electron chi connectivity index (χ4n) is 3.06. The summed E-state index contributed by atoms with van der Waals surface area (Å²) in [6.45, 7) is 6.75. The molecule has 1 N–H and O–H groups in total. The van der Waals surface area contributed by atoms with E-state index in [1.807, 2.05) is 37.3 Å². The molecule has 1 aromatic rings. The first-order valence-corrected chi connectivity index (χ1v) is 8.10. The average Bonchev–Trinajstić information content (AvgIpc) is 2.56. The van der Waals surface area contributed by atoms with Gasteiger partial charge in [-0.15, -0.1) is 0 Å². The molecule has 1 aromatic carbocycles. The molecule has 0 aliphatic carbocycles. The normalized spacial score (nSPS) is 33.6. The van der Waals surface area contributed by atoms with Gasteiger partial charge >= 0.3 is 0 Å². The van der Waals surface area contributed by atoms with Crippen molar-refractivity contribution < 1.29 is 19.3 Å². The van der Waals surface area contributed by atoms with Crippen LogP contribution >= 0.6 is 0 Å². The average molecular weight is 308 g/mol. The van der Waals surface area contributed by atoms with Crippen molar-refractivity contribution in [3.05, 3.63) is 35.9 Å². The minimum atomic E-state index is -0.467. The number of hydrogen-bond acceptors (Lipinski definition) is 4. The predicted molar refractivity (Wildman–Crippen MR) is 85.3 cm³/mol. The van der Waals surface area contributed by atoms with E-state index in [0.717, 1.165) is 5.56 Å². The largest absolute Gasteiger partial charge is 0.390 e. The molecule has 4 heteroatoms. The number of methoxy groups -OCH3 is 1. The molecule has 1 aliphatic rings. The molecule has 0 bridgehead atoms. The van der Waals surface area contributed by atoms with Crippen LogP contribution < -0.4 is 0 Å². The molecule has 0 amide bonds. The standard InChI is InChI=1S/C18H28O4/c1-5-15(19)16-12(2)13(3)17(18(20-4)22-16)21-11-14-9-7-6-8-10-14/h6-10,12-13,15-19H,5,11H2,1-4H3/t12-,13-,15?,16?,17?,18-/m0/s1. The van der Waals surface area contributed by atoms with Crippen LogP contribution in [0.25, 0.3) is 0 Å². The van der Waals surface area contributed by atoms with Crippen molar-refractivity contribution in [1.82, 2.24) is 0 Å². The Kier molecular flexibility index (Phi) is 6.38. The predicted octanol–water partition coefficient (Wildman–Crippen LogP) is 2.99. The minimum absolute atomic E-state index is 0.138. The van der Waals surface area contributed by atoms with Crippen LogP contribution in [0, 0.1) is 11.8 Å². The molecule has 3 unspecified atom stereocenters. The van der Waals surface area contributed by atoms with E-state index in [-0.39, 0.29) is 24.0 Å². The van der Waals surface area contributed by atoms with Crippen molar-refractivity contribution in [2.75, 3.05) is 7.11 Å². The van der Waals surface area contributed by atoms with Crippen molar-refractivity contribution in [3.63, 3.8) is 0 Å². The zero-order chi connectivity index (χ0) is 16.1. The van der Waals surface area contributed by atoms with Gasteiger partial charge in [-0.2, -0.15) is 0 Å². The van der Waals surface area contributed by atoms with E-state index in [2.05, 4.69) is 13.8 Å². The number of hydrogen-bond donors (Lipinski definition) is 1. The molecular formula is C18H28O4. The Bertz CT molecular complexity index is 434. The summed E-state index contributed by atoms with van der Waals surface area (Å²) >= 11 is 0. The summed E-state index contributed by atoms with van der Waals surface area (Å²) < 4.78 is 17.5. The first-order chi connectivity index (χ1) is 10.6. The second-order valence-corrected chi connectivity index (χ2v) is 6.16. The van der Waals surface area contributed by atoms with E-state index in [4.69, 9.17) is 14.2 Å². The molecule has 0 spiro atoms. The van der Waals surface area contributed by atoms with Gasteiger partial charge in [-0.05, 0) is 23.8 Å². The van der Waals surface area contributed by atoms with E-state index in [1.54, 1.807) is 7.11 Å². The highest BCUT2D eigenvalue weighted by Gasteiger charge is 2.44. The number of benzene rings is 1. The maximum absolute atomic E-state index is 10.2. The molecule has 2 rings (SSSR count). The molecule has 6 atom stereocenters. The molecule has 22 heavy (non-hydrogen) atoms. The zero-order valence-corrected chi connectivity index (χ0v) is 13.9. The van der Waals surface area contributed by atoms with E-state index in [1.165, 1.54) is 0 Å². The number of aliphatic hydroxyl groups is 1. The molecule has 1 heterocycles. The molecule has 1 fully saturated rings. The first-order valence-electron chi connectivity index (χ1n) is 8.10. The van der Waals surface area contributed by atoms with Gasteiger partial charge in [0.05, 0.1) is 18.8 Å². The summed E-state index contributed by atoms with van der Waals surface area (Å²) in [5.74, 6) is 0.454. The van der Waals surface area contributed by atoms with Crippen LogP contribution in [0.2, 0.25) is 0 Å². The van der Waals surface area contributed by atoms with Crippen LogP contribution in [0.5, 0.6) is 0 Å². The Labute approximate surface area is 133 Å². The Morgan fingerprint density at radius 3 is 2.45 bits per heavy atom. The Morgan fingerprint density at radius 1 is 1.18 bits per heavy atom. The van der Waals surface area contributed by atoms with Crippen molar-refractivity contribution in [3.8, 4) is 0 Å². The molecule has 0 saturated carbocycles. The van der Waals surface area contributed by atoms with Crippen LogP contribution in [-0.2, 0) is 20.8 Å². The summed E-state index contributed by atoms with van der Waals surface area (Å²) in [5.41, 5.74) is 1.13. The van der Waals surface area contributed by atoms with Crippen molar-refractivity contribution in [2.24, 2.45) is 11.8 Å². The number of rotatable bonds is 6. The molecule has 124 valence electrons. The molecule has 1 aliphatic heterocycles. The van der Waals surface area contributed by atoms with Gasteiger partial charge < -0.3 is 19.3 Å². The van der Waals surface area contributed by atoms with Crippen molar-refractivity contribution in [2.45, 2.75) is 58.4 Å². The van der Waals surface area contributed by atoms with Gasteiger partial charge in [-0.25, -0.2) is 0 Å². The molecule has 0 aromatic heterocycles. The lowest BCUT2D eigenvalue weighted by Gasteiger charge is -2.45. The van der Waals surface area contributed by atoms with Crippen LogP contribution in [0.3, 0.4) is 0 Å². The van der Waals surface area contributed by atoms with E-state index in [9.17, 15) is 5.11 Å². The third kappa shape index (κ3) is 3.87. The van der Waals surface area contributed by atoms with Gasteiger partial charge in [-0.3, -0.25) is 0 Å². The third-order valence-corrected chi connectivity index (χ3v) is 4.74. The zero-order valence-electron chi connectivity index (χ0n) is 13.9. The maximum atomic E-state index is 10.2. The molecule has 1 saturated heterocycles. The number of ether oxygens (including phenoxy) is 3. The highest BCUT2D eigenvalue weighted by molar-refractivity contribution is 5.13. The quantitative estimate of drug-likeness (QED) is 0.877. The Balaban J connectivity index is 2.04. The molecule has 4 nitrogen and oxygen atoms in total. The van der Waals surface area contributed by atoms with Crippen molar-refractivity contribution >= 4 is 0 Å². The van der Waals surface area contributed by atoms with Crippen LogP contribution in [0.15, 0.2) is 30.3 Å². The summed E-state index contributed by atoms with van der Waals surface area (Å²) in [4.78, 5) is 0. The maximum Gasteiger partial charge on any atom is 0.184 e. The summed E-state index contributed by atoms with van der Waals surface area (Å²) in [7, 11) is 1.63. The van der Waals surface area contributed by atoms with Crippen LogP contribution in [-0.4, -0.2) is 36.8 Å². The number of aliphatic hydroxyl groups excluding tert-OH is 1. The topological polar surface area (TPSA) is 47.9 Å². The molecule has 0 radical (unpaired) electrons. The summed E-state index contributed by atoms with van der Waals surface area (Å²) in [6.07, 6.45) is -0.582. The van der Waals surface area contributed by atoms with E-state index < -0.39 is 12.4 Å². The lowest BCUT2D eigenvalue weighted by Crippen LogP contribution is -2.54. The second-order valence-electron chi connectivity index (χ2n) is 6.16. The van der Waals surface area contributed by atoms with Crippen LogP contribution in [0.4, 0.5) is 0 Å². The summed E-state index contributed by atoms with van der Waals surface area (Å²) in [6, 6.07) is 10.1. The first kappa shape index (κ1) is 17.4. The van der Waals surface area contributed by atoms with Gasteiger partial charge in [-0.1, -0.05) is 51.1 Å². The second kappa shape index (κ2) is 8.06. The lowest BCUT2D eigenvalue weighted by molar-refractivity contribution is -0.288. The monoisotopic (exact) mass is 308 g/mol. The van der Waals surface area contributed by atoms with E-state index >= 15 is 0 Å². The van der Waals surface area contributed by atoms with E-state index in [0.29, 0.717) is 13.0 Å². The van der Waals surface area contributed by atoms with Crippen LogP contribution in [0.1, 0.15) is 32.8 Å². The fraction of sp³-hybridized carbons (Fsp3) is 0.667. The third-order valence-electron chi connectivity index (χ3n) is 4.74. The van der Waals surface area contributed by atoms with Gasteiger partial charge in [0, 0.05) is 7.11 Å². The fourth-order valence-corrected chi connectivity index (χ4v) is 3.06. The Hall–Kier alpha value is -0.940. The summed E-state index contributed by atoms with van der Waals surface area (Å²) in [5, 5.41) is 10.2. The molecular weight excluding hydrogens is 280 g/mol. The Morgan fingerprint density at radius 2 is 1.86 bits per heavy atom. The lowest BCUT2D eigenvalue weighted by atomic mass is 9.81.